The summed E-state index contributed by atoms with van der Waals surface area (Å²) in [6.45, 7) is 1.23. The topological polar surface area (TPSA) is 69.2 Å². The van der Waals surface area contributed by atoms with E-state index in [9.17, 15) is 9.90 Å². The molecule has 5 heteroatoms. The number of aromatic amines is 1. The lowest BCUT2D eigenvalue weighted by molar-refractivity contribution is 0.0734. The zero-order valence-electron chi connectivity index (χ0n) is 9.76. The van der Waals surface area contributed by atoms with Crippen molar-refractivity contribution in [3.63, 3.8) is 0 Å². The fraction of sp³-hybridized carbons (Fsp3) is 0.231. The Balaban J connectivity index is 1.84. The molecule has 2 N–H and O–H groups in total. The van der Waals surface area contributed by atoms with Crippen LogP contribution in [0.5, 0.6) is 5.75 Å². The lowest BCUT2D eigenvalue weighted by atomic mass is 9.99. The van der Waals surface area contributed by atoms with Crippen molar-refractivity contribution in [2.75, 3.05) is 6.54 Å². The summed E-state index contributed by atoms with van der Waals surface area (Å²) in [6.07, 6.45) is 3.94. The summed E-state index contributed by atoms with van der Waals surface area (Å²) >= 11 is 0. The van der Waals surface area contributed by atoms with Crippen LogP contribution in [0.25, 0.3) is 0 Å². The highest BCUT2D eigenvalue weighted by atomic mass is 16.3. The number of aromatic nitrogens is 2. The third-order valence-corrected chi connectivity index (χ3v) is 3.23. The zero-order chi connectivity index (χ0) is 12.5. The van der Waals surface area contributed by atoms with E-state index in [1.54, 1.807) is 23.2 Å². The Morgan fingerprint density at radius 3 is 3.06 bits per heavy atom. The number of H-pyrrole nitrogens is 1. The standard InChI is InChI=1S/C13H13N3O2/c17-12-2-1-9-3-4-16(8-10(9)5-12)13(18)11-6-14-15-7-11/h1-2,5-7,17H,3-4,8H2,(H,14,15). The molecule has 0 atom stereocenters. The van der Waals surface area contributed by atoms with Crippen molar-refractivity contribution in [1.82, 2.24) is 15.1 Å². The van der Waals surface area contributed by atoms with Crippen LogP contribution in [0.15, 0.2) is 30.6 Å². The highest BCUT2D eigenvalue weighted by Crippen LogP contribution is 2.23. The maximum Gasteiger partial charge on any atom is 0.257 e. The Hall–Kier alpha value is -2.30. The van der Waals surface area contributed by atoms with E-state index in [0.717, 1.165) is 12.0 Å². The summed E-state index contributed by atoms with van der Waals surface area (Å²) in [5.74, 6) is 0.212. The Labute approximate surface area is 104 Å². The number of hydrogen-bond acceptors (Lipinski definition) is 3. The molecule has 0 unspecified atom stereocenters. The number of amides is 1. The fourth-order valence-electron chi connectivity index (χ4n) is 2.27. The molecule has 0 radical (unpaired) electrons. The fourth-order valence-corrected chi connectivity index (χ4v) is 2.27. The number of carbonyl (C=O) groups is 1. The highest BCUT2D eigenvalue weighted by molar-refractivity contribution is 5.93. The number of nitrogens with one attached hydrogen (secondary N) is 1. The van der Waals surface area contributed by atoms with Crippen LogP contribution >= 0.6 is 0 Å². The van der Waals surface area contributed by atoms with Gasteiger partial charge in [0.05, 0.1) is 11.8 Å². The minimum atomic E-state index is -0.0299. The number of phenolic OH excluding ortho intramolecular Hbond substituents is 1. The number of hydrogen-bond donors (Lipinski definition) is 2. The molecular formula is C13H13N3O2. The quantitative estimate of drug-likeness (QED) is 0.793. The van der Waals surface area contributed by atoms with Gasteiger partial charge in [-0.2, -0.15) is 5.10 Å². The number of rotatable bonds is 1. The zero-order valence-corrected chi connectivity index (χ0v) is 9.76. The van der Waals surface area contributed by atoms with Crippen LogP contribution in [0.4, 0.5) is 0 Å². The van der Waals surface area contributed by atoms with Crippen LogP contribution in [0.2, 0.25) is 0 Å². The van der Waals surface area contributed by atoms with E-state index in [1.807, 2.05) is 6.07 Å². The summed E-state index contributed by atoms with van der Waals surface area (Å²) in [6, 6.07) is 5.33. The van der Waals surface area contributed by atoms with Crippen molar-refractivity contribution in [3.8, 4) is 5.75 Å². The SMILES string of the molecule is O=C(c1cn[nH]c1)N1CCc2ccc(O)cc2C1. The molecule has 2 heterocycles. The molecule has 0 saturated carbocycles. The van der Waals surface area contributed by atoms with Gasteiger partial charge in [-0.1, -0.05) is 6.07 Å². The average molecular weight is 243 g/mol. The first kappa shape index (κ1) is 10.8. The summed E-state index contributed by atoms with van der Waals surface area (Å²) in [4.78, 5) is 13.9. The normalized spacial score (nSPS) is 14.3. The minimum absolute atomic E-state index is 0.0299. The second-order valence-corrected chi connectivity index (χ2v) is 4.42. The van der Waals surface area contributed by atoms with E-state index in [1.165, 1.54) is 11.8 Å². The molecule has 2 aromatic rings. The molecule has 0 bridgehead atoms. The van der Waals surface area contributed by atoms with E-state index in [4.69, 9.17) is 0 Å². The van der Waals surface area contributed by atoms with E-state index in [-0.39, 0.29) is 11.7 Å². The molecule has 1 aromatic carbocycles. The first-order valence-corrected chi connectivity index (χ1v) is 5.83. The van der Waals surface area contributed by atoms with Gasteiger partial charge in [0, 0.05) is 19.3 Å². The van der Waals surface area contributed by atoms with Crippen molar-refractivity contribution in [2.45, 2.75) is 13.0 Å². The Morgan fingerprint density at radius 1 is 1.39 bits per heavy atom. The van der Waals surface area contributed by atoms with Gasteiger partial charge in [-0.05, 0) is 29.7 Å². The van der Waals surface area contributed by atoms with Gasteiger partial charge in [-0.3, -0.25) is 9.89 Å². The van der Waals surface area contributed by atoms with Crippen LogP contribution in [-0.4, -0.2) is 32.7 Å². The second kappa shape index (κ2) is 4.18. The monoisotopic (exact) mass is 243 g/mol. The number of nitrogens with zero attached hydrogens (tertiary/aromatic N) is 2. The summed E-state index contributed by atoms with van der Waals surface area (Å²) < 4.78 is 0. The number of phenols is 1. The molecule has 1 amide bonds. The van der Waals surface area contributed by atoms with Crippen LogP contribution < -0.4 is 0 Å². The molecule has 0 aliphatic carbocycles. The molecule has 1 aliphatic heterocycles. The van der Waals surface area contributed by atoms with E-state index >= 15 is 0 Å². The van der Waals surface area contributed by atoms with Crippen LogP contribution in [0, 0.1) is 0 Å². The van der Waals surface area contributed by atoms with Crippen LogP contribution in [0.1, 0.15) is 21.5 Å². The molecule has 0 spiro atoms. The minimum Gasteiger partial charge on any atom is -0.508 e. The van der Waals surface area contributed by atoms with Gasteiger partial charge in [-0.15, -0.1) is 0 Å². The molecule has 3 rings (SSSR count). The van der Waals surface area contributed by atoms with Crippen molar-refractivity contribution in [1.29, 1.82) is 0 Å². The third-order valence-electron chi connectivity index (χ3n) is 3.23. The molecule has 0 saturated heterocycles. The smallest absolute Gasteiger partial charge is 0.257 e. The lowest BCUT2D eigenvalue weighted by Gasteiger charge is -2.28. The first-order chi connectivity index (χ1) is 8.74. The number of carbonyl (C=O) groups excluding carboxylic acids is 1. The summed E-state index contributed by atoms with van der Waals surface area (Å²) in [5.41, 5.74) is 2.78. The molecule has 1 aromatic heterocycles. The van der Waals surface area contributed by atoms with Gasteiger partial charge in [0.1, 0.15) is 5.75 Å². The maximum absolute atomic E-state index is 12.2. The van der Waals surface area contributed by atoms with Gasteiger partial charge >= 0.3 is 0 Å². The predicted molar refractivity (Wildman–Crippen MR) is 65.1 cm³/mol. The van der Waals surface area contributed by atoms with Crippen molar-refractivity contribution >= 4 is 5.91 Å². The van der Waals surface area contributed by atoms with Crippen LogP contribution in [0.3, 0.4) is 0 Å². The van der Waals surface area contributed by atoms with Gasteiger partial charge in [0.25, 0.3) is 5.91 Å². The number of fused-ring (bicyclic) bond motifs is 1. The van der Waals surface area contributed by atoms with Gasteiger partial charge in [0.2, 0.25) is 0 Å². The number of benzene rings is 1. The van der Waals surface area contributed by atoms with E-state index in [0.29, 0.717) is 18.7 Å². The van der Waals surface area contributed by atoms with Gasteiger partial charge in [-0.25, -0.2) is 0 Å². The maximum atomic E-state index is 12.2. The average Bonchev–Trinajstić information content (AvgIpc) is 2.90. The van der Waals surface area contributed by atoms with Crippen LogP contribution in [-0.2, 0) is 13.0 Å². The molecule has 92 valence electrons. The first-order valence-electron chi connectivity index (χ1n) is 5.83. The molecule has 5 nitrogen and oxygen atoms in total. The Bertz CT molecular complexity index is 578. The second-order valence-electron chi connectivity index (χ2n) is 4.42. The van der Waals surface area contributed by atoms with Gasteiger partial charge < -0.3 is 10.0 Å². The Kier molecular flexibility index (Phi) is 2.51. The summed E-state index contributed by atoms with van der Waals surface area (Å²) in [5, 5.41) is 15.9. The van der Waals surface area contributed by atoms with Crippen molar-refractivity contribution < 1.29 is 9.90 Å². The van der Waals surface area contributed by atoms with Gasteiger partial charge in [0.15, 0.2) is 0 Å². The molecule has 0 fully saturated rings. The predicted octanol–water partition coefficient (Wildman–Crippen LogP) is 1.31. The molecule has 1 aliphatic rings. The van der Waals surface area contributed by atoms with E-state index < -0.39 is 0 Å². The van der Waals surface area contributed by atoms with Crippen molar-refractivity contribution in [3.05, 3.63) is 47.3 Å². The largest absolute Gasteiger partial charge is 0.508 e. The van der Waals surface area contributed by atoms with Crippen molar-refractivity contribution in [2.24, 2.45) is 0 Å². The molecular weight excluding hydrogens is 230 g/mol. The third kappa shape index (κ3) is 1.84. The molecule has 18 heavy (non-hydrogen) atoms. The summed E-state index contributed by atoms with van der Waals surface area (Å²) in [7, 11) is 0. The lowest BCUT2D eigenvalue weighted by Crippen LogP contribution is -2.35. The highest BCUT2D eigenvalue weighted by Gasteiger charge is 2.22. The number of aromatic hydroxyl groups is 1. The Morgan fingerprint density at radius 2 is 2.28 bits per heavy atom. The van der Waals surface area contributed by atoms with E-state index in [2.05, 4.69) is 10.2 Å².